The van der Waals surface area contributed by atoms with Crippen molar-refractivity contribution in [1.82, 2.24) is 10.2 Å². The Balaban J connectivity index is 1.47. The van der Waals surface area contributed by atoms with Crippen LogP contribution in [0, 0.1) is 5.92 Å². The summed E-state index contributed by atoms with van der Waals surface area (Å²) in [5.74, 6) is -1.35. The first-order valence-electron chi connectivity index (χ1n) is 13.6. The highest BCUT2D eigenvalue weighted by molar-refractivity contribution is 7.91. The molecule has 0 saturated heterocycles. The number of nitrogens with one attached hydrogen (secondary N) is 1. The smallest absolute Gasteiger partial charge is 0.391 e. The van der Waals surface area contributed by atoms with Crippen molar-refractivity contribution in [2.24, 2.45) is 5.92 Å². The molecule has 214 valence electrons. The van der Waals surface area contributed by atoms with E-state index in [1.165, 1.54) is 17.7 Å². The number of amides is 1. The van der Waals surface area contributed by atoms with Crippen molar-refractivity contribution in [3.8, 4) is 0 Å². The summed E-state index contributed by atoms with van der Waals surface area (Å²) in [6.07, 6.45) is -1.88. The average Bonchev–Trinajstić information content (AvgIpc) is 2.94. The van der Waals surface area contributed by atoms with Gasteiger partial charge in [-0.25, -0.2) is 8.42 Å². The summed E-state index contributed by atoms with van der Waals surface area (Å²) in [4.78, 5) is 15.6. The number of rotatable bonds is 8. The molecule has 1 aliphatic heterocycles. The van der Waals surface area contributed by atoms with Crippen LogP contribution in [0.3, 0.4) is 0 Å². The van der Waals surface area contributed by atoms with Gasteiger partial charge in [-0.1, -0.05) is 32.0 Å². The van der Waals surface area contributed by atoms with Crippen LogP contribution in [0.5, 0.6) is 0 Å². The van der Waals surface area contributed by atoms with E-state index in [0.29, 0.717) is 30.5 Å². The van der Waals surface area contributed by atoms with Gasteiger partial charge in [0.2, 0.25) is 0 Å². The van der Waals surface area contributed by atoms with E-state index in [1.54, 1.807) is 25.1 Å². The second kappa shape index (κ2) is 12.0. The largest absolute Gasteiger partial charge is 0.394 e. The normalized spacial score (nSPS) is 23.2. The lowest BCUT2D eigenvalue weighted by molar-refractivity contribution is -0.184. The lowest BCUT2D eigenvalue weighted by atomic mass is 9.81. The highest BCUT2D eigenvalue weighted by Crippen LogP contribution is 2.41. The van der Waals surface area contributed by atoms with E-state index >= 15 is 0 Å². The molecule has 6 nitrogen and oxygen atoms in total. The van der Waals surface area contributed by atoms with Crippen molar-refractivity contribution in [2.75, 3.05) is 18.9 Å². The predicted octanol–water partition coefficient (Wildman–Crippen LogP) is 5.37. The van der Waals surface area contributed by atoms with Crippen LogP contribution in [-0.2, 0) is 16.4 Å². The van der Waals surface area contributed by atoms with Gasteiger partial charge in [-0.15, -0.1) is 0 Å². The Bertz CT molecular complexity index is 1260. The minimum absolute atomic E-state index is 0.0179. The fourth-order valence-electron chi connectivity index (χ4n) is 5.89. The van der Waals surface area contributed by atoms with Crippen LogP contribution in [0.2, 0.25) is 0 Å². The van der Waals surface area contributed by atoms with E-state index in [9.17, 15) is 31.5 Å². The summed E-state index contributed by atoms with van der Waals surface area (Å²) < 4.78 is 63.6. The van der Waals surface area contributed by atoms with Gasteiger partial charge < -0.3 is 10.4 Å². The van der Waals surface area contributed by atoms with Crippen LogP contribution < -0.4 is 5.32 Å². The van der Waals surface area contributed by atoms with Gasteiger partial charge >= 0.3 is 6.18 Å². The number of halogens is 3. The standard InChI is InChI=1S/C29H37F3N2O4S/c1-3-19-16-34(24-10-8-23(9-11-24)29(30,31)32)17-22-15-21(7-14-26(19)22)28(36)33-27(18-35)20-5-12-25(13-6-20)39(37,38)4-2/h5-7,12-15,19,23-24,27,35H,3-4,8-11,16-18H2,1-2H3,(H,33,36)/t19-,23?,24?,27-/m0/s1. The first kappa shape index (κ1) is 29.6. The average molecular weight is 567 g/mol. The van der Waals surface area contributed by atoms with Crippen molar-refractivity contribution >= 4 is 15.7 Å². The van der Waals surface area contributed by atoms with E-state index < -0.39 is 28.0 Å². The van der Waals surface area contributed by atoms with Crippen LogP contribution >= 0.6 is 0 Å². The molecule has 1 heterocycles. The molecular formula is C29H37F3N2O4S. The maximum atomic E-state index is 13.2. The zero-order chi connectivity index (χ0) is 28.4. The number of aliphatic hydroxyl groups excluding tert-OH is 1. The number of benzene rings is 2. The number of carbonyl (C=O) groups is 1. The van der Waals surface area contributed by atoms with E-state index in [1.807, 2.05) is 12.1 Å². The summed E-state index contributed by atoms with van der Waals surface area (Å²) in [6, 6.07) is 11.1. The van der Waals surface area contributed by atoms with Crippen molar-refractivity contribution in [3.63, 3.8) is 0 Å². The third-order valence-corrected chi connectivity index (χ3v) is 10.1. The topological polar surface area (TPSA) is 86.7 Å². The van der Waals surface area contributed by atoms with Crippen molar-refractivity contribution in [2.45, 2.75) is 81.6 Å². The molecule has 2 aromatic rings. The van der Waals surface area contributed by atoms with Crippen LogP contribution in [0.25, 0.3) is 0 Å². The molecule has 0 radical (unpaired) electrons. The molecule has 1 saturated carbocycles. The van der Waals surface area contributed by atoms with E-state index in [2.05, 4.69) is 17.1 Å². The Hall–Kier alpha value is -2.43. The number of hydrogen-bond donors (Lipinski definition) is 2. The predicted molar refractivity (Wildman–Crippen MR) is 143 cm³/mol. The summed E-state index contributed by atoms with van der Waals surface area (Å²) in [5, 5.41) is 12.8. The summed E-state index contributed by atoms with van der Waals surface area (Å²) in [7, 11) is -3.36. The second-order valence-corrected chi connectivity index (χ2v) is 13.0. The monoisotopic (exact) mass is 566 g/mol. The molecule has 1 fully saturated rings. The van der Waals surface area contributed by atoms with Crippen LogP contribution in [0.1, 0.15) is 85.0 Å². The quantitative estimate of drug-likeness (QED) is 0.449. The zero-order valence-electron chi connectivity index (χ0n) is 22.4. The van der Waals surface area contributed by atoms with Crippen molar-refractivity contribution in [3.05, 3.63) is 64.7 Å². The molecule has 0 bridgehead atoms. The number of alkyl halides is 3. The molecule has 39 heavy (non-hydrogen) atoms. The molecule has 2 aliphatic rings. The Kier molecular flexibility index (Phi) is 9.08. The lowest BCUT2D eigenvalue weighted by Crippen LogP contribution is -2.44. The van der Waals surface area contributed by atoms with Crippen molar-refractivity contribution in [1.29, 1.82) is 0 Å². The Morgan fingerprint density at radius 3 is 2.31 bits per heavy atom. The summed E-state index contributed by atoms with van der Waals surface area (Å²) >= 11 is 0. The van der Waals surface area contributed by atoms with Gasteiger partial charge in [0, 0.05) is 24.7 Å². The number of fused-ring (bicyclic) bond motifs is 1. The fraction of sp³-hybridized carbons (Fsp3) is 0.552. The zero-order valence-corrected chi connectivity index (χ0v) is 23.2. The molecule has 0 spiro atoms. The molecule has 1 amide bonds. The van der Waals surface area contributed by atoms with Crippen molar-refractivity contribution < 1.29 is 31.5 Å². The van der Waals surface area contributed by atoms with E-state index in [-0.39, 0.29) is 48.0 Å². The van der Waals surface area contributed by atoms with Gasteiger partial charge in [0.05, 0.1) is 29.2 Å². The van der Waals surface area contributed by atoms with Crippen LogP contribution in [0.4, 0.5) is 13.2 Å². The number of aliphatic hydroxyl groups is 1. The first-order valence-corrected chi connectivity index (χ1v) is 15.3. The third kappa shape index (κ3) is 6.66. The molecule has 10 heteroatoms. The summed E-state index contributed by atoms with van der Waals surface area (Å²) in [6.45, 7) is 4.70. The van der Waals surface area contributed by atoms with Gasteiger partial charge in [0.1, 0.15) is 0 Å². The minimum Gasteiger partial charge on any atom is -0.394 e. The van der Waals surface area contributed by atoms with Crippen LogP contribution in [0.15, 0.2) is 47.4 Å². The molecule has 2 N–H and O–H groups in total. The maximum absolute atomic E-state index is 13.2. The SMILES string of the molecule is CC[C@H]1CN(C2CCC(C(F)(F)F)CC2)Cc2cc(C(=O)N[C@@H](CO)c3ccc(S(=O)(=O)CC)cc3)ccc21. The molecule has 2 aromatic carbocycles. The minimum atomic E-state index is -4.13. The van der Waals surface area contributed by atoms with E-state index in [0.717, 1.165) is 18.5 Å². The Morgan fingerprint density at radius 1 is 1.08 bits per heavy atom. The third-order valence-electron chi connectivity index (χ3n) is 8.35. The van der Waals surface area contributed by atoms with Gasteiger partial charge in [0.15, 0.2) is 9.84 Å². The number of hydrogen-bond acceptors (Lipinski definition) is 5. The highest BCUT2D eigenvalue weighted by atomic mass is 32.2. The second-order valence-electron chi connectivity index (χ2n) is 10.7. The van der Waals surface area contributed by atoms with Crippen LogP contribution in [-0.4, -0.2) is 55.5 Å². The fourth-order valence-corrected chi connectivity index (χ4v) is 6.78. The number of carbonyl (C=O) groups excluding carboxylic acids is 1. The van der Waals surface area contributed by atoms with Gasteiger partial charge in [-0.05, 0) is 79.0 Å². The highest BCUT2D eigenvalue weighted by Gasteiger charge is 2.42. The Labute approximate surface area is 228 Å². The molecule has 0 unspecified atom stereocenters. The molecule has 0 aromatic heterocycles. The number of sulfone groups is 1. The van der Waals surface area contributed by atoms with E-state index in [4.69, 9.17) is 0 Å². The number of nitrogens with zero attached hydrogens (tertiary/aromatic N) is 1. The first-order chi connectivity index (χ1) is 18.5. The van der Waals surface area contributed by atoms with Gasteiger partial charge in [-0.2, -0.15) is 13.2 Å². The summed E-state index contributed by atoms with van der Waals surface area (Å²) in [5.41, 5.74) is 3.20. The van der Waals surface area contributed by atoms with Gasteiger partial charge in [0.25, 0.3) is 5.91 Å². The maximum Gasteiger partial charge on any atom is 0.391 e. The Morgan fingerprint density at radius 2 is 1.74 bits per heavy atom. The molecule has 1 aliphatic carbocycles. The molecule has 4 rings (SSSR count). The lowest BCUT2D eigenvalue weighted by Gasteiger charge is -2.42. The molecule has 2 atom stereocenters. The molecular weight excluding hydrogens is 529 g/mol. The van der Waals surface area contributed by atoms with Gasteiger partial charge in [-0.3, -0.25) is 9.69 Å².